The summed E-state index contributed by atoms with van der Waals surface area (Å²) in [5.41, 5.74) is 2.48. The molecule has 1 N–H and O–H groups in total. The third-order valence-electron chi connectivity index (χ3n) is 2.65. The van der Waals surface area contributed by atoms with Gasteiger partial charge in [0.05, 0.1) is 19.8 Å². The first kappa shape index (κ1) is 16.1. The average molecular weight is 267 g/mol. The lowest BCUT2D eigenvalue weighted by Gasteiger charge is -2.07. The maximum Gasteiger partial charge on any atom is 0.0718 e. The van der Waals surface area contributed by atoms with Crippen molar-refractivity contribution in [1.82, 2.24) is 5.32 Å². The minimum atomic E-state index is 0.628. The lowest BCUT2D eigenvalue weighted by atomic mass is 10.1. The van der Waals surface area contributed by atoms with Gasteiger partial charge in [-0.25, -0.2) is 0 Å². The quantitative estimate of drug-likeness (QED) is 0.622. The van der Waals surface area contributed by atoms with E-state index in [2.05, 4.69) is 29.6 Å². The summed E-state index contributed by atoms with van der Waals surface area (Å²) in [6, 6.07) is 8.42. The number of hydrogen-bond donors (Lipinski definition) is 1. The zero-order valence-corrected chi connectivity index (χ0v) is 12.0. The van der Waals surface area contributed by atoms with Gasteiger partial charge >= 0.3 is 0 Å². The van der Waals surface area contributed by atoms with Crippen molar-refractivity contribution in [1.29, 1.82) is 0 Å². The standard InChI is InChI=1S/C15H25NO3/c1-16-12-14-5-3-6-15(11-14)13-19-10-9-18-8-4-7-17-2/h3,5-6,11,16H,4,7-10,12-13H2,1-2H3. The molecule has 1 aromatic rings. The van der Waals surface area contributed by atoms with E-state index in [1.165, 1.54) is 11.1 Å². The van der Waals surface area contributed by atoms with Gasteiger partial charge in [-0.15, -0.1) is 0 Å². The molecule has 108 valence electrons. The first-order chi connectivity index (χ1) is 9.36. The molecule has 0 fully saturated rings. The van der Waals surface area contributed by atoms with Crippen LogP contribution in [-0.4, -0.2) is 40.6 Å². The molecule has 0 radical (unpaired) electrons. The van der Waals surface area contributed by atoms with E-state index in [0.717, 1.165) is 26.2 Å². The van der Waals surface area contributed by atoms with Crippen LogP contribution in [0.5, 0.6) is 0 Å². The molecule has 0 aliphatic carbocycles. The molecule has 0 saturated carbocycles. The number of rotatable bonds is 11. The highest BCUT2D eigenvalue weighted by atomic mass is 16.5. The summed E-state index contributed by atoms with van der Waals surface area (Å²) >= 11 is 0. The second-order valence-corrected chi connectivity index (χ2v) is 4.36. The van der Waals surface area contributed by atoms with Crippen molar-refractivity contribution in [3.63, 3.8) is 0 Å². The molecule has 0 unspecified atom stereocenters. The molecule has 0 aromatic heterocycles. The molecule has 4 heteroatoms. The van der Waals surface area contributed by atoms with E-state index < -0.39 is 0 Å². The van der Waals surface area contributed by atoms with E-state index in [1.807, 2.05) is 7.05 Å². The van der Waals surface area contributed by atoms with Gasteiger partial charge in [0.1, 0.15) is 0 Å². The van der Waals surface area contributed by atoms with Crippen LogP contribution in [0.2, 0.25) is 0 Å². The Morgan fingerprint density at radius 3 is 2.58 bits per heavy atom. The van der Waals surface area contributed by atoms with E-state index in [0.29, 0.717) is 19.8 Å². The molecule has 4 nitrogen and oxygen atoms in total. The summed E-state index contributed by atoms with van der Waals surface area (Å²) in [6.45, 7) is 4.27. The van der Waals surface area contributed by atoms with E-state index >= 15 is 0 Å². The molecule has 1 rings (SSSR count). The van der Waals surface area contributed by atoms with Crippen LogP contribution in [0.4, 0.5) is 0 Å². The minimum absolute atomic E-state index is 0.628. The molecular formula is C15H25NO3. The van der Waals surface area contributed by atoms with Gasteiger partial charge in [0.15, 0.2) is 0 Å². The van der Waals surface area contributed by atoms with Crippen LogP contribution in [0.3, 0.4) is 0 Å². The number of ether oxygens (including phenoxy) is 3. The Morgan fingerprint density at radius 2 is 1.79 bits per heavy atom. The molecule has 1 aromatic carbocycles. The van der Waals surface area contributed by atoms with Crippen LogP contribution in [-0.2, 0) is 27.4 Å². The van der Waals surface area contributed by atoms with Gasteiger partial charge in [-0.1, -0.05) is 24.3 Å². The first-order valence-electron chi connectivity index (χ1n) is 6.73. The maximum atomic E-state index is 5.58. The van der Waals surface area contributed by atoms with Gasteiger partial charge in [-0.05, 0) is 24.6 Å². The Bertz CT molecular complexity index is 331. The third kappa shape index (κ3) is 7.95. The lowest BCUT2D eigenvalue weighted by molar-refractivity contribution is 0.0337. The second-order valence-electron chi connectivity index (χ2n) is 4.36. The Morgan fingerprint density at radius 1 is 1.00 bits per heavy atom. The fraction of sp³-hybridized carbons (Fsp3) is 0.600. The number of hydrogen-bond acceptors (Lipinski definition) is 4. The van der Waals surface area contributed by atoms with Crippen molar-refractivity contribution in [2.75, 3.05) is 40.6 Å². The Labute approximate surface area is 116 Å². The van der Waals surface area contributed by atoms with Gasteiger partial charge < -0.3 is 19.5 Å². The predicted octanol–water partition coefficient (Wildman–Crippen LogP) is 1.98. The van der Waals surface area contributed by atoms with Crippen LogP contribution in [0.25, 0.3) is 0 Å². The molecule has 0 bridgehead atoms. The molecule has 0 amide bonds. The smallest absolute Gasteiger partial charge is 0.0718 e. The zero-order valence-electron chi connectivity index (χ0n) is 12.0. The summed E-state index contributed by atoms with van der Waals surface area (Å²) in [6.07, 6.45) is 0.933. The summed E-state index contributed by atoms with van der Waals surface area (Å²) in [5, 5.41) is 3.14. The number of nitrogens with one attached hydrogen (secondary N) is 1. The fourth-order valence-electron chi connectivity index (χ4n) is 1.75. The molecule has 19 heavy (non-hydrogen) atoms. The molecule has 0 aliphatic heterocycles. The monoisotopic (exact) mass is 267 g/mol. The van der Waals surface area contributed by atoms with Crippen LogP contribution in [0.1, 0.15) is 17.5 Å². The Kier molecular flexibility index (Phi) is 9.27. The van der Waals surface area contributed by atoms with E-state index in [9.17, 15) is 0 Å². The predicted molar refractivity (Wildman–Crippen MR) is 76.2 cm³/mol. The zero-order chi connectivity index (χ0) is 13.8. The van der Waals surface area contributed by atoms with Gasteiger partial charge in [0, 0.05) is 26.9 Å². The Hall–Kier alpha value is -0.940. The molecule has 0 spiro atoms. The topological polar surface area (TPSA) is 39.7 Å². The van der Waals surface area contributed by atoms with Crippen LogP contribution < -0.4 is 5.32 Å². The highest BCUT2D eigenvalue weighted by molar-refractivity contribution is 5.22. The van der Waals surface area contributed by atoms with Gasteiger partial charge in [0.25, 0.3) is 0 Å². The van der Waals surface area contributed by atoms with Crippen LogP contribution in [0.15, 0.2) is 24.3 Å². The normalized spacial score (nSPS) is 10.8. The van der Waals surface area contributed by atoms with Crippen LogP contribution in [0, 0.1) is 0 Å². The largest absolute Gasteiger partial charge is 0.385 e. The third-order valence-corrected chi connectivity index (χ3v) is 2.65. The Balaban J connectivity index is 2.07. The van der Waals surface area contributed by atoms with E-state index in [1.54, 1.807) is 7.11 Å². The SMILES string of the molecule is CNCc1cccc(COCCOCCCOC)c1. The molecule has 0 aliphatic rings. The molecule has 0 heterocycles. The van der Waals surface area contributed by atoms with Gasteiger partial charge in [-0.2, -0.15) is 0 Å². The summed E-state index contributed by atoms with van der Waals surface area (Å²) in [5.74, 6) is 0. The maximum absolute atomic E-state index is 5.58. The second kappa shape index (κ2) is 10.9. The average Bonchev–Trinajstić information content (AvgIpc) is 2.43. The molecule has 0 atom stereocenters. The molecule has 0 saturated heterocycles. The number of benzene rings is 1. The molecular weight excluding hydrogens is 242 g/mol. The summed E-state index contributed by atoms with van der Waals surface area (Å²) in [7, 11) is 3.65. The highest BCUT2D eigenvalue weighted by Gasteiger charge is 1.96. The fourth-order valence-corrected chi connectivity index (χ4v) is 1.75. The van der Waals surface area contributed by atoms with Gasteiger partial charge in [0.2, 0.25) is 0 Å². The van der Waals surface area contributed by atoms with Crippen molar-refractivity contribution >= 4 is 0 Å². The van der Waals surface area contributed by atoms with Crippen molar-refractivity contribution < 1.29 is 14.2 Å². The first-order valence-corrected chi connectivity index (χ1v) is 6.73. The minimum Gasteiger partial charge on any atom is -0.385 e. The summed E-state index contributed by atoms with van der Waals surface area (Å²) < 4.78 is 15.9. The van der Waals surface area contributed by atoms with Crippen molar-refractivity contribution in [3.8, 4) is 0 Å². The van der Waals surface area contributed by atoms with Crippen LogP contribution >= 0.6 is 0 Å². The van der Waals surface area contributed by atoms with Gasteiger partial charge in [-0.3, -0.25) is 0 Å². The lowest BCUT2D eigenvalue weighted by Crippen LogP contribution is -2.07. The van der Waals surface area contributed by atoms with E-state index in [-0.39, 0.29) is 0 Å². The summed E-state index contributed by atoms with van der Waals surface area (Å²) in [4.78, 5) is 0. The van der Waals surface area contributed by atoms with Crippen molar-refractivity contribution in [2.24, 2.45) is 0 Å². The highest BCUT2D eigenvalue weighted by Crippen LogP contribution is 2.06. The van der Waals surface area contributed by atoms with E-state index in [4.69, 9.17) is 14.2 Å². The van der Waals surface area contributed by atoms with Crippen molar-refractivity contribution in [3.05, 3.63) is 35.4 Å². The number of methoxy groups -OCH3 is 1. The van der Waals surface area contributed by atoms with Crippen molar-refractivity contribution in [2.45, 2.75) is 19.6 Å².